The number of phenolic OH excluding ortho intramolecular Hbond substituents is 1. The molecular formula is C18H18O9S. The van der Waals surface area contributed by atoms with Crippen molar-refractivity contribution in [3.05, 3.63) is 33.5 Å². The van der Waals surface area contributed by atoms with Crippen LogP contribution < -0.4 is 5.43 Å². The quantitative estimate of drug-likeness (QED) is 0.514. The number of carboxylic acids is 1. The van der Waals surface area contributed by atoms with Crippen molar-refractivity contribution in [3.8, 4) is 5.75 Å². The highest BCUT2D eigenvalue weighted by Crippen LogP contribution is 2.44. The molecule has 2 aromatic rings. The molecule has 2 heterocycles. The molecule has 0 bridgehead atoms. The highest BCUT2D eigenvalue weighted by molar-refractivity contribution is 8.00. The van der Waals surface area contributed by atoms with E-state index in [0.717, 1.165) is 18.9 Å². The lowest BCUT2D eigenvalue weighted by molar-refractivity contribution is -0.168. The lowest BCUT2D eigenvalue weighted by Crippen LogP contribution is -2.52. The number of methoxy groups -OCH3 is 1. The number of aliphatic hydroxyl groups is 2. The molecule has 0 fully saturated rings. The van der Waals surface area contributed by atoms with Crippen LogP contribution in [0, 0.1) is 6.92 Å². The average Bonchev–Trinajstić information content (AvgIpc) is 3.05. The van der Waals surface area contributed by atoms with E-state index >= 15 is 0 Å². The largest absolute Gasteiger partial charge is 0.507 e. The second-order valence-corrected chi connectivity index (χ2v) is 7.81. The summed E-state index contributed by atoms with van der Waals surface area (Å²) in [5.74, 6) is -2.98. The minimum Gasteiger partial charge on any atom is -0.507 e. The number of ether oxygens (including phenoxy) is 1. The number of aryl methyl sites for hydroxylation is 1. The molecule has 0 amide bonds. The Balaban J connectivity index is 2.06. The molecule has 3 atom stereocenters. The number of aliphatic carboxylic acids is 1. The molecule has 1 aromatic heterocycles. The normalized spacial score (nSPS) is 19.1. The summed E-state index contributed by atoms with van der Waals surface area (Å²) >= 11 is 0.878. The van der Waals surface area contributed by atoms with Crippen molar-refractivity contribution < 1.29 is 39.2 Å². The molecule has 150 valence electrons. The molecule has 3 rings (SSSR count). The first-order chi connectivity index (χ1) is 13.1. The first-order valence-electron chi connectivity index (χ1n) is 8.26. The predicted octanol–water partition coefficient (Wildman–Crippen LogP) is 0.564. The topological polar surface area (TPSA) is 154 Å². The number of thioether (sulfide) groups is 1. The Morgan fingerprint density at radius 3 is 2.71 bits per heavy atom. The minimum absolute atomic E-state index is 0.0159. The van der Waals surface area contributed by atoms with Gasteiger partial charge in [0.05, 0.1) is 17.9 Å². The number of aliphatic hydroxyl groups excluding tert-OH is 1. The van der Waals surface area contributed by atoms with Crippen LogP contribution in [0.2, 0.25) is 0 Å². The van der Waals surface area contributed by atoms with Gasteiger partial charge in [-0.05, 0) is 31.0 Å². The molecule has 1 aromatic carbocycles. The fraction of sp³-hybridized carbons (Fsp3) is 0.389. The van der Waals surface area contributed by atoms with E-state index in [-0.39, 0.29) is 33.8 Å². The molecule has 0 saturated carbocycles. The lowest BCUT2D eigenvalue weighted by atomic mass is 9.89. The van der Waals surface area contributed by atoms with Gasteiger partial charge in [0.15, 0.2) is 16.8 Å². The Kier molecular flexibility index (Phi) is 5.13. The van der Waals surface area contributed by atoms with Gasteiger partial charge in [-0.2, -0.15) is 0 Å². The number of hydrogen-bond donors (Lipinski definition) is 4. The van der Waals surface area contributed by atoms with Gasteiger partial charge in [0.25, 0.3) is 0 Å². The first kappa shape index (κ1) is 20.2. The number of phenols is 1. The van der Waals surface area contributed by atoms with Gasteiger partial charge in [-0.25, -0.2) is 9.59 Å². The third-order valence-electron chi connectivity index (χ3n) is 4.68. The van der Waals surface area contributed by atoms with Crippen LogP contribution in [0.5, 0.6) is 5.75 Å². The van der Waals surface area contributed by atoms with Gasteiger partial charge in [0, 0.05) is 6.42 Å². The molecular weight excluding hydrogens is 392 g/mol. The molecule has 9 nitrogen and oxygen atoms in total. The summed E-state index contributed by atoms with van der Waals surface area (Å²) in [6, 6.07) is 2.99. The van der Waals surface area contributed by atoms with Crippen LogP contribution in [0.15, 0.2) is 26.4 Å². The van der Waals surface area contributed by atoms with Gasteiger partial charge in [0.2, 0.25) is 5.43 Å². The number of carbonyl (C=O) groups is 2. The fourth-order valence-corrected chi connectivity index (χ4v) is 4.60. The van der Waals surface area contributed by atoms with E-state index in [9.17, 15) is 29.7 Å². The van der Waals surface area contributed by atoms with Crippen LogP contribution in [0.1, 0.15) is 17.5 Å². The van der Waals surface area contributed by atoms with Crippen LogP contribution in [0.25, 0.3) is 11.0 Å². The Morgan fingerprint density at radius 1 is 1.43 bits per heavy atom. The van der Waals surface area contributed by atoms with E-state index in [2.05, 4.69) is 4.74 Å². The number of hydrogen-bond acceptors (Lipinski definition) is 9. The number of carbonyl (C=O) groups excluding carboxylic acids is 1. The summed E-state index contributed by atoms with van der Waals surface area (Å²) in [7, 11) is 1.02. The third-order valence-corrected chi connectivity index (χ3v) is 6.06. The number of aromatic hydroxyl groups is 1. The molecule has 0 spiro atoms. The molecule has 0 radical (unpaired) electrons. The predicted molar refractivity (Wildman–Crippen MR) is 97.5 cm³/mol. The summed E-state index contributed by atoms with van der Waals surface area (Å²) < 4.78 is 10.3. The molecule has 0 saturated heterocycles. The van der Waals surface area contributed by atoms with Gasteiger partial charge < -0.3 is 29.6 Å². The van der Waals surface area contributed by atoms with E-state index in [1.807, 2.05) is 0 Å². The minimum atomic E-state index is -2.37. The molecule has 0 aliphatic carbocycles. The molecule has 1 aliphatic heterocycles. The van der Waals surface area contributed by atoms with Crippen LogP contribution in [-0.4, -0.2) is 56.4 Å². The zero-order valence-corrected chi connectivity index (χ0v) is 15.8. The number of carboxylic acid groups (broad SMARTS) is 1. The summed E-state index contributed by atoms with van der Waals surface area (Å²) in [6.45, 7) is 1.71. The van der Waals surface area contributed by atoms with Crippen molar-refractivity contribution in [2.24, 2.45) is 0 Å². The average molecular weight is 410 g/mol. The van der Waals surface area contributed by atoms with Gasteiger partial charge in [-0.1, -0.05) is 11.8 Å². The Hall–Kier alpha value is -2.56. The molecule has 4 N–H and O–H groups in total. The number of fused-ring (bicyclic) bond motifs is 2. The van der Waals surface area contributed by atoms with Crippen molar-refractivity contribution in [1.29, 1.82) is 0 Å². The SMILES string of the molecule is COC(=O)[C@@](O)(C[C@@H](O)C(=O)O)[C@@H]1Cc2c(oc3cc(C)cc(O)c3c2=O)S1. The van der Waals surface area contributed by atoms with Crippen LogP contribution in [-0.2, 0) is 20.7 Å². The summed E-state index contributed by atoms with van der Waals surface area (Å²) in [5.41, 5.74) is -1.91. The first-order valence-corrected chi connectivity index (χ1v) is 9.14. The Labute approximate surface area is 162 Å². The maximum atomic E-state index is 12.8. The van der Waals surface area contributed by atoms with E-state index in [1.54, 1.807) is 13.0 Å². The number of rotatable bonds is 5. The molecule has 0 unspecified atom stereocenters. The molecule has 28 heavy (non-hydrogen) atoms. The zero-order chi connectivity index (χ0) is 20.8. The Bertz CT molecular complexity index is 1030. The van der Waals surface area contributed by atoms with E-state index in [0.29, 0.717) is 5.56 Å². The fourth-order valence-electron chi connectivity index (χ4n) is 3.25. The van der Waals surface area contributed by atoms with Crippen molar-refractivity contribution in [2.75, 3.05) is 7.11 Å². The van der Waals surface area contributed by atoms with E-state index in [1.165, 1.54) is 6.07 Å². The maximum Gasteiger partial charge on any atom is 0.339 e. The highest BCUT2D eigenvalue weighted by atomic mass is 32.2. The van der Waals surface area contributed by atoms with Crippen LogP contribution in [0.4, 0.5) is 0 Å². The third kappa shape index (κ3) is 3.23. The molecule has 10 heteroatoms. The number of esters is 1. The molecule has 1 aliphatic rings. The second kappa shape index (κ2) is 7.12. The van der Waals surface area contributed by atoms with Crippen molar-refractivity contribution in [2.45, 2.75) is 41.8 Å². The zero-order valence-electron chi connectivity index (χ0n) is 15.0. The van der Waals surface area contributed by atoms with Gasteiger partial charge >= 0.3 is 11.9 Å². The lowest BCUT2D eigenvalue weighted by Gasteiger charge is -2.31. The van der Waals surface area contributed by atoms with Crippen molar-refractivity contribution in [3.63, 3.8) is 0 Å². The van der Waals surface area contributed by atoms with Gasteiger partial charge in [-0.3, -0.25) is 4.79 Å². The van der Waals surface area contributed by atoms with E-state index in [4.69, 9.17) is 9.52 Å². The standard InChI is InChI=1S/C18H18O9S/c1-7-3-9(19)13-11(4-7)27-16-8(14(13)21)5-12(28-16)18(25,17(24)26-2)6-10(20)15(22)23/h3-4,10,12,19-20,25H,5-6H2,1-2H3,(H,22,23)/t10-,12+,18-/m1/s1. The van der Waals surface area contributed by atoms with Crippen LogP contribution >= 0.6 is 11.8 Å². The summed E-state index contributed by atoms with van der Waals surface area (Å²) in [4.78, 5) is 36.0. The second-order valence-electron chi connectivity index (χ2n) is 6.64. The summed E-state index contributed by atoms with van der Waals surface area (Å²) in [5, 5.41) is 38.7. The van der Waals surface area contributed by atoms with Gasteiger partial charge in [0.1, 0.15) is 16.7 Å². The van der Waals surface area contributed by atoms with E-state index < -0.39 is 40.7 Å². The number of benzene rings is 1. The van der Waals surface area contributed by atoms with Crippen molar-refractivity contribution >= 4 is 34.7 Å². The highest BCUT2D eigenvalue weighted by Gasteiger charge is 2.51. The smallest absolute Gasteiger partial charge is 0.339 e. The monoisotopic (exact) mass is 410 g/mol. The van der Waals surface area contributed by atoms with Crippen molar-refractivity contribution in [1.82, 2.24) is 0 Å². The van der Waals surface area contributed by atoms with Gasteiger partial charge in [-0.15, -0.1) is 0 Å². The van der Waals surface area contributed by atoms with Crippen LogP contribution in [0.3, 0.4) is 0 Å². The Morgan fingerprint density at radius 2 is 2.11 bits per heavy atom. The summed E-state index contributed by atoms with van der Waals surface area (Å²) in [6.07, 6.45) is -2.97. The maximum absolute atomic E-state index is 12.8.